The fourth-order valence-electron chi connectivity index (χ4n) is 1.01. The van der Waals surface area contributed by atoms with E-state index in [1.54, 1.807) is 0 Å². The van der Waals surface area contributed by atoms with E-state index in [0.29, 0.717) is 11.6 Å². The highest BCUT2D eigenvalue weighted by molar-refractivity contribution is 7.19. The molecule has 0 aliphatic heterocycles. The van der Waals surface area contributed by atoms with Crippen molar-refractivity contribution in [3.8, 4) is 10.6 Å². The van der Waals surface area contributed by atoms with Crippen LogP contribution in [0.25, 0.3) is 10.6 Å². The Kier molecular flexibility index (Phi) is 2.01. The normalized spacial score (nSPS) is 10.6. The van der Waals surface area contributed by atoms with Crippen molar-refractivity contribution in [3.05, 3.63) is 22.0 Å². The summed E-state index contributed by atoms with van der Waals surface area (Å²) in [5, 5.41) is 3.67. The maximum absolute atomic E-state index is 5.79. The minimum atomic E-state index is 0.430. The first-order chi connectivity index (χ1) is 6.18. The maximum atomic E-state index is 5.79. The van der Waals surface area contributed by atoms with Gasteiger partial charge in [-0.25, -0.2) is 0 Å². The molecule has 0 radical (unpaired) electrons. The Balaban J connectivity index is 2.52. The maximum Gasteiger partial charge on any atom is 0.181 e. The average Bonchev–Trinajstić information content (AvgIpc) is 2.62. The van der Waals surface area contributed by atoms with Crippen molar-refractivity contribution < 1.29 is 4.52 Å². The molecule has 0 aromatic carbocycles. The predicted octanol–water partition coefficient (Wildman–Crippen LogP) is 2.95. The minimum Gasteiger partial charge on any atom is -0.381 e. The van der Waals surface area contributed by atoms with Gasteiger partial charge in [0.15, 0.2) is 11.6 Å². The van der Waals surface area contributed by atoms with Gasteiger partial charge in [0.2, 0.25) is 0 Å². The average molecular weight is 215 g/mol. The topological polar surface area (TPSA) is 52.0 Å². The van der Waals surface area contributed by atoms with Crippen molar-refractivity contribution in [2.45, 2.75) is 6.92 Å². The first-order valence-corrected chi connectivity index (χ1v) is 4.85. The van der Waals surface area contributed by atoms with E-state index in [2.05, 4.69) is 5.16 Å². The van der Waals surface area contributed by atoms with Crippen LogP contribution in [0.4, 0.5) is 5.82 Å². The van der Waals surface area contributed by atoms with Gasteiger partial charge < -0.3 is 10.3 Å². The zero-order valence-corrected chi connectivity index (χ0v) is 8.45. The molecule has 0 fully saturated rings. The van der Waals surface area contributed by atoms with Crippen LogP contribution in [0.1, 0.15) is 5.56 Å². The second kappa shape index (κ2) is 3.05. The Bertz CT molecular complexity index is 435. The van der Waals surface area contributed by atoms with E-state index < -0.39 is 0 Å². The molecule has 0 saturated carbocycles. The molecule has 0 spiro atoms. The van der Waals surface area contributed by atoms with Crippen molar-refractivity contribution in [2.75, 3.05) is 5.73 Å². The standard InChI is InChI=1S/C8H7ClN2OS/c1-4-7(12-11-8(4)10)5-2-3-6(9)13-5/h2-3H,1H3,(H2,10,11). The third-order valence-corrected chi connectivity index (χ3v) is 2.99. The molecule has 2 aromatic rings. The van der Waals surface area contributed by atoms with Crippen LogP contribution < -0.4 is 5.73 Å². The third-order valence-electron chi connectivity index (χ3n) is 1.76. The molecule has 0 amide bonds. The van der Waals surface area contributed by atoms with Crippen LogP contribution in [-0.2, 0) is 0 Å². The lowest BCUT2D eigenvalue weighted by atomic mass is 10.2. The van der Waals surface area contributed by atoms with Crippen LogP contribution in [0.3, 0.4) is 0 Å². The summed E-state index contributed by atoms with van der Waals surface area (Å²) >= 11 is 7.24. The van der Waals surface area contributed by atoms with Crippen molar-refractivity contribution in [1.82, 2.24) is 5.16 Å². The van der Waals surface area contributed by atoms with Gasteiger partial charge in [-0.1, -0.05) is 16.8 Å². The molecule has 0 aliphatic rings. The van der Waals surface area contributed by atoms with Crippen LogP contribution in [0, 0.1) is 6.92 Å². The molecule has 0 unspecified atom stereocenters. The van der Waals surface area contributed by atoms with E-state index in [4.69, 9.17) is 21.9 Å². The van der Waals surface area contributed by atoms with Crippen LogP contribution >= 0.6 is 22.9 Å². The number of nitrogen functional groups attached to an aromatic ring is 1. The van der Waals surface area contributed by atoms with Crippen LogP contribution in [0.2, 0.25) is 4.34 Å². The van der Waals surface area contributed by atoms with Crippen molar-refractivity contribution in [2.24, 2.45) is 0 Å². The van der Waals surface area contributed by atoms with E-state index in [9.17, 15) is 0 Å². The van der Waals surface area contributed by atoms with Crippen molar-refractivity contribution in [3.63, 3.8) is 0 Å². The number of halogens is 1. The van der Waals surface area contributed by atoms with Crippen LogP contribution in [-0.4, -0.2) is 5.16 Å². The number of rotatable bonds is 1. The Labute approximate surface area is 84.1 Å². The summed E-state index contributed by atoms with van der Waals surface area (Å²) in [6, 6.07) is 3.71. The molecule has 2 aromatic heterocycles. The van der Waals surface area contributed by atoms with Crippen molar-refractivity contribution in [1.29, 1.82) is 0 Å². The summed E-state index contributed by atoms with van der Waals surface area (Å²) < 4.78 is 5.80. The molecule has 0 saturated heterocycles. The second-order valence-electron chi connectivity index (χ2n) is 2.63. The smallest absolute Gasteiger partial charge is 0.181 e. The molecule has 2 heterocycles. The summed E-state index contributed by atoms with van der Waals surface area (Å²) in [5.41, 5.74) is 6.41. The number of nitrogens with zero attached hydrogens (tertiary/aromatic N) is 1. The van der Waals surface area contributed by atoms with E-state index in [-0.39, 0.29) is 0 Å². The Morgan fingerprint density at radius 1 is 1.54 bits per heavy atom. The molecule has 68 valence electrons. The molecule has 3 nitrogen and oxygen atoms in total. The highest BCUT2D eigenvalue weighted by atomic mass is 35.5. The number of thiophene rings is 1. The predicted molar refractivity (Wildman–Crippen MR) is 54.0 cm³/mol. The minimum absolute atomic E-state index is 0.430. The van der Waals surface area contributed by atoms with E-state index in [1.807, 2.05) is 19.1 Å². The zero-order valence-electron chi connectivity index (χ0n) is 6.87. The molecule has 0 atom stereocenters. The number of hydrogen-bond acceptors (Lipinski definition) is 4. The molecule has 13 heavy (non-hydrogen) atoms. The Morgan fingerprint density at radius 2 is 2.31 bits per heavy atom. The zero-order chi connectivity index (χ0) is 9.42. The molecule has 5 heteroatoms. The van der Waals surface area contributed by atoms with Gasteiger partial charge in [-0.3, -0.25) is 0 Å². The molecule has 0 bridgehead atoms. The lowest BCUT2D eigenvalue weighted by molar-refractivity contribution is 0.436. The van der Waals surface area contributed by atoms with Crippen LogP contribution in [0.15, 0.2) is 16.7 Å². The lowest BCUT2D eigenvalue weighted by Gasteiger charge is -1.89. The van der Waals surface area contributed by atoms with Gasteiger partial charge in [-0.05, 0) is 19.1 Å². The number of nitrogens with two attached hydrogens (primary N) is 1. The largest absolute Gasteiger partial charge is 0.381 e. The monoisotopic (exact) mass is 214 g/mol. The van der Waals surface area contributed by atoms with E-state index in [1.165, 1.54) is 11.3 Å². The summed E-state index contributed by atoms with van der Waals surface area (Å²) in [5.74, 6) is 1.13. The first-order valence-electron chi connectivity index (χ1n) is 3.66. The lowest BCUT2D eigenvalue weighted by Crippen LogP contribution is -1.85. The second-order valence-corrected chi connectivity index (χ2v) is 4.34. The molecular weight excluding hydrogens is 208 g/mol. The summed E-state index contributed by atoms with van der Waals surface area (Å²) in [6.45, 7) is 1.87. The quantitative estimate of drug-likeness (QED) is 0.794. The SMILES string of the molecule is Cc1c(N)noc1-c1ccc(Cl)s1. The summed E-state index contributed by atoms with van der Waals surface area (Å²) in [4.78, 5) is 0.951. The molecule has 0 aliphatic carbocycles. The van der Waals surface area contributed by atoms with E-state index >= 15 is 0 Å². The van der Waals surface area contributed by atoms with Gasteiger partial charge in [0.25, 0.3) is 0 Å². The number of aromatic nitrogens is 1. The van der Waals surface area contributed by atoms with E-state index in [0.717, 1.165) is 14.8 Å². The van der Waals surface area contributed by atoms with Crippen molar-refractivity contribution >= 4 is 28.8 Å². The number of hydrogen-bond donors (Lipinski definition) is 1. The fourth-order valence-corrected chi connectivity index (χ4v) is 2.09. The molecule has 2 rings (SSSR count). The van der Waals surface area contributed by atoms with Gasteiger partial charge >= 0.3 is 0 Å². The summed E-state index contributed by atoms with van der Waals surface area (Å²) in [7, 11) is 0. The van der Waals surface area contributed by atoms with Gasteiger partial charge in [0.05, 0.1) is 9.21 Å². The molecular formula is C8H7ClN2OS. The Morgan fingerprint density at radius 3 is 2.77 bits per heavy atom. The van der Waals surface area contributed by atoms with Gasteiger partial charge in [0.1, 0.15) is 0 Å². The van der Waals surface area contributed by atoms with Crippen LogP contribution in [0.5, 0.6) is 0 Å². The number of anilines is 1. The van der Waals surface area contributed by atoms with Gasteiger partial charge in [0, 0.05) is 5.56 Å². The molecule has 2 N–H and O–H groups in total. The fraction of sp³-hybridized carbons (Fsp3) is 0.125. The van der Waals surface area contributed by atoms with Gasteiger partial charge in [-0.2, -0.15) is 0 Å². The first kappa shape index (κ1) is 8.59. The van der Waals surface area contributed by atoms with Gasteiger partial charge in [-0.15, -0.1) is 11.3 Å². The Hall–Kier alpha value is -1.000. The highest BCUT2D eigenvalue weighted by Gasteiger charge is 2.12. The third kappa shape index (κ3) is 1.43. The highest BCUT2D eigenvalue weighted by Crippen LogP contribution is 2.34. The summed E-state index contributed by atoms with van der Waals surface area (Å²) in [6.07, 6.45) is 0.